The van der Waals surface area contributed by atoms with Crippen LogP contribution in [0.3, 0.4) is 0 Å². The molecule has 6 heteroatoms. The van der Waals surface area contributed by atoms with E-state index in [0.717, 1.165) is 0 Å². The molecule has 1 amide bonds. The van der Waals surface area contributed by atoms with Gasteiger partial charge in [0.05, 0.1) is 17.8 Å². The van der Waals surface area contributed by atoms with Gasteiger partial charge in [0, 0.05) is 12.4 Å². The largest absolute Gasteiger partial charge is 0.489 e. The molecule has 21 heavy (non-hydrogen) atoms. The molecule has 0 radical (unpaired) electrons. The normalized spacial score (nSPS) is 13.2. The summed E-state index contributed by atoms with van der Waals surface area (Å²) in [6.07, 6.45) is 3.07. The van der Waals surface area contributed by atoms with Gasteiger partial charge in [-0.05, 0) is 24.3 Å². The lowest BCUT2D eigenvalue weighted by Crippen LogP contribution is -2.38. The van der Waals surface area contributed by atoms with Gasteiger partial charge in [0.25, 0.3) is 5.91 Å². The van der Waals surface area contributed by atoms with Crippen molar-refractivity contribution >= 4 is 17.6 Å². The highest BCUT2D eigenvalue weighted by Crippen LogP contribution is 2.35. The average Bonchev–Trinajstić information content (AvgIpc) is 2.53. The molecule has 6 nitrogen and oxygen atoms in total. The highest BCUT2D eigenvalue weighted by atomic mass is 16.5. The van der Waals surface area contributed by atoms with Crippen molar-refractivity contribution in [3.8, 4) is 5.75 Å². The summed E-state index contributed by atoms with van der Waals surface area (Å²) < 4.78 is 5.44. The number of carbonyl (C=O) groups excluding carboxylic acids is 1. The molecule has 106 valence electrons. The third-order valence-corrected chi connectivity index (χ3v) is 3.23. The zero-order valence-electron chi connectivity index (χ0n) is 11.0. The molecule has 0 unspecified atom stereocenters. The summed E-state index contributed by atoms with van der Waals surface area (Å²) in [6, 6.07) is 8.09. The van der Waals surface area contributed by atoms with E-state index < -0.39 is 5.97 Å². The maximum atomic E-state index is 12.5. The van der Waals surface area contributed by atoms with Gasteiger partial charge < -0.3 is 14.7 Å². The predicted octanol–water partition coefficient (Wildman–Crippen LogP) is 1.82. The van der Waals surface area contributed by atoms with Gasteiger partial charge in [-0.25, -0.2) is 4.79 Å². The Labute approximate surface area is 120 Å². The molecule has 2 heterocycles. The number of aromatic nitrogens is 1. The molecule has 1 aliphatic rings. The Kier molecular flexibility index (Phi) is 3.27. The number of amides is 1. The van der Waals surface area contributed by atoms with E-state index in [1.807, 2.05) is 0 Å². The standard InChI is InChI=1S/C15H12N2O4/c18-14(10-3-2-6-16-9-10)17-7-8-21-13-11(15(19)20)4-1-5-12(13)17/h1-6,9H,7-8H2,(H,19,20). The molecule has 3 rings (SSSR count). The summed E-state index contributed by atoms with van der Waals surface area (Å²) in [6.45, 7) is 0.618. The summed E-state index contributed by atoms with van der Waals surface area (Å²) in [7, 11) is 0. The Morgan fingerprint density at radius 2 is 2.10 bits per heavy atom. The lowest BCUT2D eigenvalue weighted by Gasteiger charge is -2.30. The smallest absolute Gasteiger partial charge is 0.339 e. The van der Waals surface area contributed by atoms with E-state index in [-0.39, 0.29) is 23.8 Å². The van der Waals surface area contributed by atoms with Crippen LogP contribution in [0.1, 0.15) is 20.7 Å². The Bertz CT molecular complexity index is 700. The number of carboxylic acid groups (broad SMARTS) is 1. The minimum absolute atomic E-state index is 0.0520. The number of hydrogen-bond donors (Lipinski definition) is 1. The summed E-state index contributed by atoms with van der Waals surface area (Å²) >= 11 is 0. The molecule has 0 bridgehead atoms. The van der Waals surface area contributed by atoms with Crippen LogP contribution in [0.25, 0.3) is 0 Å². The molecule has 1 aliphatic heterocycles. The molecule has 0 fully saturated rings. The van der Waals surface area contributed by atoms with E-state index in [1.54, 1.807) is 30.5 Å². The second-order valence-electron chi connectivity index (χ2n) is 4.51. The number of anilines is 1. The molecule has 1 aromatic carbocycles. The highest BCUT2D eigenvalue weighted by molar-refractivity contribution is 6.08. The van der Waals surface area contributed by atoms with Crippen LogP contribution in [0, 0.1) is 0 Å². The van der Waals surface area contributed by atoms with E-state index in [0.29, 0.717) is 17.8 Å². The maximum absolute atomic E-state index is 12.5. The van der Waals surface area contributed by atoms with Gasteiger partial charge in [0.15, 0.2) is 5.75 Å². The molecular weight excluding hydrogens is 272 g/mol. The van der Waals surface area contributed by atoms with Crippen molar-refractivity contribution in [2.75, 3.05) is 18.1 Å². The van der Waals surface area contributed by atoms with Gasteiger partial charge >= 0.3 is 5.97 Å². The fraction of sp³-hybridized carbons (Fsp3) is 0.133. The fourth-order valence-corrected chi connectivity index (χ4v) is 2.27. The first-order valence-corrected chi connectivity index (χ1v) is 6.39. The van der Waals surface area contributed by atoms with Crippen LogP contribution in [-0.4, -0.2) is 35.1 Å². The number of ether oxygens (including phenoxy) is 1. The number of hydrogen-bond acceptors (Lipinski definition) is 4. The molecule has 0 saturated heterocycles. The van der Waals surface area contributed by atoms with Crippen LogP contribution < -0.4 is 9.64 Å². The Balaban J connectivity index is 2.04. The Hall–Kier alpha value is -2.89. The van der Waals surface area contributed by atoms with Crippen molar-refractivity contribution in [2.45, 2.75) is 0 Å². The van der Waals surface area contributed by atoms with Crippen LogP contribution in [-0.2, 0) is 0 Å². The van der Waals surface area contributed by atoms with Crippen LogP contribution in [0.2, 0.25) is 0 Å². The summed E-state index contributed by atoms with van der Waals surface area (Å²) in [5, 5.41) is 9.19. The summed E-state index contributed by atoms with van der Waals surface area (Å²) in [5.41, 5.74) is 0.970. The van der Waals surface area contributed by atoms with Gasteiger partial charge in [-0.3, -0.25) is 9.78 Å². The molecule has 0 aliphatic carbocycles. The molecule has 0 saturated carbocycles. The number of carbonyl (C=O) groups is 2. The Morgan fingerprint density at radius 1 is 1.24 bits per heavy atom. The first-order valence-electron chi connectivity index (χ1n) is 6.39. The van der Waals surface area contributed by atoms with E-state index in [2.05, 4.69) is 4.98 Å². The molecule has 2 aromatic rings. The predicted molar refractivity (Wildman–Crippen MR) is 74.8 cm³/mol. The highest BCUT2D eigenvalue weighted by Gasteiger charge is 2.28. The van der Waals surface area contributed by atoms with Crippen LogP contribution in [0.5, 0.6) is 5.75 Å². The van der Waals surface area contributed by atoms with E-state index in [9.17, 15) is 14.7 Å². The van der Waals surface area contributed by atoms with Crippen molar-refractivity contribution in [1.29, 1.82) is 0 Å². The number of nitrogens with zero attached hydrogens (tertiary/aromatic N) is 2. The first-order chi connectivity index (χ1) is 10.2. The minimum Gasteiger partial charge on any atom is -0.489 e. The zero-order chi connectivity index (χ0) is 14.8. The topological polar surface area (TPSA) is 79.7 Å². The third-order valence-electron chi connectivity index (χ3n) is 3.23. The van der Waals surface area contributed by atoms with Crippen LogP contribution in [0.15, 0.2) is 42.7 Å². The number of fused-ring (bicyclic) bond motifs is 1. The van der Waals surface area contributed by atoms with E-state index >= 15 is 0 Å². The summed E-state index contributed by atoms with van der Waals surface area (Å²) in [4.78, 5) is 29.2. The zero-order valence-corrected chi connectivity index (χ0v) is 11.0. The van der Waals surface area contributed by atoms with Gasteiger partial charge in [-0.2, -0.15) is 0 Å². The van der Waals surface area contributed by atoms with E-state index in [4.69, 9.17) is 4.74 Å². The number of pyridine rings is 1. The van der Waals surface area contributed by atoms with Gasteiger partial charge in [0.1, 0.15) is 12.2 Å². The van der Waals surface area contributed by atoms with Crippen molar-refractivity contribution in [3.63, 3.8) is 0 Å². The van der Waals surface area contributed by atoms with Crippen LogP contribution >= 0.6 is 0 Å². The van der Waals surface area contributed by atoms with Crippen LogP contribution in [0.4, 0.5) is 5.69 Å². The van der Waals surface area contributed by atoms with Crippen molar-refractivity contribution in [2.24, 2.45) is 0 Å². The quantitative estimate of drug-likeness (QED) is 0.909. The second-order valence-corrected chi connectivity index (χ2v) is 4.51. The Morgan fingerprint density at radius 3 is 2.81 bits per heavy atom. The van der Waals surface area contributed by atoms with Gasteiger partial charge in [0.2, 0.25) is 0 Å². The lowest BCUT2D eigenvalue weighted by molar-refractivity contribution is 0.0690. The molecule has 1 aromatic heterocycles. The number of aromatic carboxylic acids is 1. The molecular formula is C15H12N2O4. The molecule has 0 spiro atoms. The van der Waals surface area contributed by atoms with Gasteiger partial charge in [-0.15, -0.1) is 0 Å². The molecule has 1 N–H and O–H groups in total. The SMILES string of the molecule is O=C(O)c1cccc2c1OCCN2C(=O)c1cccnc1. The molecule has 0 atom stereocenters. The lowest BCUT2D eigenvalue weighted by atomic mass is 10.1. The minimum atomic E-state index is -1.08. The third kappa shape index (κ3) is 2.31. The number of rotatable bonds is 2. The first kappa shape index (κ1) is 13.1. The van der Waals surface area contributed by atoms with Crippen molar-refractivity contribution < 1.29 is 19.4 Å². The maximum Gasteiger partial charge on any atom is 0.339 e. The fourth-order valence-electron chi connectivity index (χ4n) is 2.27. The summed E-state index contributed by atoms with van der Waals surface area (Å²) in [5.74, 6) is -1.08. The number of carboxylic acids is 1. The van der Waals surface area contributed by atoms with E-state index in [1.165, 1.54) is 17.2 Å². The van der Waals surface area contributed by atoms with Gasteiger partial charge in [-0.1, -0.05) is 6.07 Å². The number of para-hydroxylation sites is 1. The van der Waals surface area contributed by atoms with Crippen molar-refractivity contribution in [3.05, 3.63) is 53.9 Å². The second kappa shape index (κ2) is 5.24. The van der Waals surface area contributed by atoms with Crippen molar-refractivity contribution in [1.82, 2.24) is 4.98 Å². The monoisotopic (exact) mass is 284 g/mol. The number of benzene rings is 1. The average molecular weight is 284 g/mol.